The van der Waals surface area contributed by atoms with Crippen molar-refractivity contribution in [1.82, 2.24) is 9.78 Å². The van der Waals surface area contributed by atoms with Crippen molar-refractivity contribution in [3.8, 4) is 0 Å². The summed E-state index contributed by atoms with van der Waals surface area (Å²) >= 11 is 1.70. The molecule has 0 aliphatic carbocycles. The Bertz CT molecular complexity index is 563. The number of hydrogen-bond acceptors (Lipinski definition) is 3. The Hall–Kier alpha value is -1.26. The van der Waals surface area contributed by atoms with Crippen LogP contribution in [0.2, 0.25) is 0 Å². The van der Waals surface area contributed by atoms with Gasteiger partial charge in [-0.3, -0.25) is 4.68 Å². The maximum absolute atomic E-state index is 10.3. The summed E-state index contributed by atoms with van der Waals surface area (Å²) in [6.45, 7) is 7.13. The van der Waals surface area contributed by atoms with E-state index in [4.69, 9.17) is 0 Å². The predicted molar refractivity (Wildman–Crippen MR) is 88.9 cm³/mol. The number of aliphatic hydroxyl groups excluding tert-OH is 1. The molecule has 2 aromatic rings. The molecule has 1 heterocycles. The van der Waals surface area contributed by atoms with Gasteiger partial charge in [0.05, 0.1) is 11.8 Å². The van der Waals surface area contributed by atoms with Crippen molar-refractivity contribution < 1.29 is 5.11 Å². The normalized spacial score (nSPS) is 12.6. The van der Waals surface area contributed by atoms with Gasteiger partial charge in [-0.25, -0.2) is 0 Å². The van der Waals surface area contributed by atoms with Crippen molar-refractivity contribution in [2.24, 2.45) is 0 Å². The van der Waals surface area contributed by atoms with Crippen LogP contribution in [-0.4, -0.2) is 26.7 Å². The smallest absolute Gasteiger partial charge is 0.0689 e. The molecular weight excluding hydrogens is 280 g/mol. The Kier molecular flexibility index (Phi) is 5.88. The molecule has 0 aliphatic rings. The lowest BCUT2D eigenvalue weighted by atomic mass is 10.2. The van der Waals surface area contributed by atoms with E-state index in [-0.39, 0.29) is 6.10 Å². The van der Waals surface area contributed by atoms with Crippen molar-refractivity contribution in [1.29, 1.82) is 0 Å². The van der Waals surface area contributed by atoms with Gasteiger partial charge in [-0.1, -0.05) is 24.6 Å². The Labute approximate surface area is 131 Å². The van der Waals surface area contributed by atoms with Crippen LogP contribution in [-0.2, 0) is 19.4 Å². The highest BCUT2D eigenvalue weighted by Gasteiger charge is 2.12. The zero-order valence-electron chi connectivity index (χ0n) is 13.0. The number of aryl methyl sites for hydroxylation is 3. The average molecular weight is 304 g/mol. The van der Waals surface area contributed by atoms with Crippen molar-refractivity contribution in [3.05, 3.63) is 47.3 Å². The number of benzene rings is 1. The van der Waals surface area contributed by atoms with Crippen molar-refractivity contribution in [3.63, 3.8) is 0 Å². The fourth-order valence-electron chi connectivity index (χ4n) is 2.25. The number of aliphatic hydroxyl groups is 1. The second-order valence-corrected chi connectivity index (χ2v) is 6.37. The molecular formula is C17H24N2OS. The molecule has 1 unspecified atom stereocenters. The molecule has 0 saturated carbocycles. The topological polar surface area (TPSA) is 38.0 Å². The highest BCUT2D eigenvalue weighted by molar-refractivity contribution is 7.99. The summed E-state index contributed by atoms with van der Waals surface area (Å²) in [5.74, 6) is 0.708. The van der Waals surface area contributed by atoms with Crippen LogP contribution >= 0.6 is 11.8 Å². The van der Waals surface area contributed by atoms with E-state index >= 15 is 0 Å². The first-order valence-corrected chi connectivity index (χ1v) is 8.54. The third-order valence-corrected chi connectivity index (χ3v) is 4.64. The highest BCUT2D eigenvalue weighted by atomic mass is 32.2. The monoisotopic (exact) mass is 304 g/mol. The lowest BCUT2D eigenvalue weighted by molar-refractivity contribution is 0.197. The summed E-state index contributed by atoms with van der Waals surface area (Å²) in [4.78, 5) is 1.21. The molecule has 21 heavy (non-hydrogen) atoms. The van der Waals surface area contributed by atoms with E-state index in [1.807, 2.05) is 4.68 Å². The Morgan fingerprint density at radius 1 is 1.24 bits per heavy atom. The van der Waals surface area contributed by atoms with Crippen LogP contribution in [0.5, 0.6) is 0 Å². The van der Waals surface area contributed by atoms with Gasteiger partial charge in [-0.05, 0) is 38.5 Å². The van der Waals surface area contributed by atoms with Gasteiger partial charge in [0.2, 0.25) is 0 Å². The minimum absolute atomic E-state index is 0.344. The second-order valence-electron chi connectivity index (χ2n) is 5.28. The third kappa shape index (κ3) is 4.61. The lowest BCUT2D eigenvalue weighted by Crippen LogP contribution is -2.16. The van der Waals surface area contributed by atoms with Crippen LogP contribution < -0.4 is 0 Å². The Morgan fingerprint density at radius 3 is 2.57 bits per heavy atom. The van der Waals surface area contributed by atoms with Gasteiger partial charge in [0.1, 0.15) is 0 Å². The molecule has 114 valence electrons. The molecule has 0 aliphatic heterocycles. The number of thioether (sulfide) groups is 1. The fourth-order valence-corrected chi connectivity index (χ4v) is 3.08. The highest BCUT2D eigenvalue weighted by Crippen LogP contribution is 2.20. The molecule has 1 aromatic carbocycles. The van der Waals surface area contributed by atoms with Gasteiger partial charge in [0.15, 0.2) is 0 Å². The first kappa shape index (κ1) is 16.1. The third-order valence-electron chi connectivity index (χ3n) is 3.48. The van der Waals surface area contributed by atoms with Gasteiger partial charge < -0.3 is 5.11 Å². The maximum Gasteiger partial charge on any atom is 0.0689 e. The fraction of sp³-hybridized carbons (Fsp3) is 0.471. The summed E-state index contributed by atoms with van der Waals surface area (Å²) in [6, 6.07) is 10.5. The molecule has 1 aromatic heterocycles. The predicted octanol–water partition coefficient (Wildman–Crippen LogP) is 3.47. The van der Waals surface area contributed by atoms with E-state index in [0.29, 0.717) is 12.2 Å². The van der Waals surface area contributed by atoms with Crippen LogP contribution in [0.15, 0.2) is 35.2 Å². The van der Waals surface area contributed by atoms with Gasteiger partial charge in [-0.2, -0.15) is 5.10 Å². The Balaban J connectivity index is 1.90. The van der Waals surface area contributed by atoms with E-state index in [9.17, 15) is 5.11 Å². The molecule has 0 amide bonds. The lowest BCUT2D eigenvalue weighted by Gasteiger charge is -2.11. The summed E-state index contributed by atoms with van der Waals surface area (Å²) in [6.07, 6.45) is 1.26. The number of rotatable bonds is 7. The first-order valence-electron chi connectivity index (χ1n) is 7.55. The van der Waals surface area contributed by atoms with Crippen LogP contribution in [0.3, 0.4) is 0 Å². The van der Waals surface area contributed by atoms with Crippen molar-refractivity contribution in [2.75, 3.05) is 5.75 Å². The molecule has 0 fully saturated rings. The van der Waals surface area contributed by atoms with E-state index in [1.54, 1.807) is 11.8 Å². The average Bonchev–Trinajstić information content (AvgIpc) is 2.89. The van der Waals surface area contributed by atoms with E-state index in [0.717, 1.165) is 24.4 Å². The van der Waals surface area contributed by atoms with Crippen LogP contribution in [0.25, 0.3) is 0 Å². The van der Waals surface area contributed by atoms with Crippen LogP contribution in [0, 0.1) is 6.92 Å². The number of nitrogens with zero attached hydrogens (tertiary/aromatic N) is 2. The first-order chi connectivity index (χ1) is 10.1. The molecule has 0 spiro atoms. The molecule has 4 heteroatoms. The van der Waals surface area contributed by atoms with E-state index in [1.165, 1.54) is 10.5 Å². The molecule has 0 bridgehead atoms. The largest absolute Gasteiger partial charge is 0.392 e. The second kappa shape index (κ2) is 7.66. The van der Waals surface area contributed by atoms with Gasteiger partial charge in [0.25, 0.3) is 0 Å². The quantitative estimate of drug-likeness (QED) is 0.796. The zero-order valence-corrected chi connectivity index (χ0v) is 13.9. The summed E-state index contributed by atoms with van der Waals surface area (Å²) in [7, 11) is 0. The minimum atomic E-state index is -0.344. The molecule has 2 rings (SSSR count). The molecule has 3 nitrogen and oxygen atoms in total. The molecule has 0 radical (unpaired) electrons. The van der Waals surface area contributed by atoms with Crippen LogP contribution in [0.4, 0.5) is 0 Å². The Morgan fingerprint density at radius 2 is 1.95 bits per heavy atom. The van der Waals surface area contributed by atoms with E-state index in [2.05, 4.69) is 56.2 Å². The molecule has 1 N–H and O–H groups in total. The molecule has 0 saturated heterocycles. The van der Waals surface area contributed by atoms with Crippen LogP contribution in [0.1, 0.15) is 30.8 Å². The van der Waals surface area contributed by atoms with Crippen molar-refractivity contribution in [2.45, 2.75) is 51.2 Å². The number of hydrogen-bond donors (Lipinski definition) is 1. The minimum Gasteiger partial charge on any atom is -0.392 e. The van der Waals surface area contributed by atoms with Gasteiger partial charge in [0, 0.05) is 29.3 Å². The summed E-state index contributed by atoms with van der Waals surface area (Å²) < 4.78 is 2.00. The standard InChI is InChI=1S/C17H24N2OS/c1-4-14-10-15(19(5-2)18-14)11-16(20)12-21-17-8-6-13(3)7-9-17/h6-10,16,20H,4-5,11-12H2,1-3H3. The zero-order chi connectivity index (χ0) is 15.2. The van der Waals surface area contributed by atoms with Gasteiger partial charge >= 0.3 is 0 Å². The molecule has 1 atom stereocenters. The van der Waals surface area contributed by atoms with E-state index < -0.39 is 0 Å². The summed E-state index contributed by atoms with van der Waals surface area (Å²) in [5.41, 5.74) is 3.50. The number of aromatic nitrogens is 2. The van der Waals surface area contributed by atoms with Crippen molar-refractivity contribution >= 4 is 11.8 Å². The maximum atomic E-state index is 10.3. The van der Waals surface area contributed by atoms with Gasteiger partial charge in [-0.15, -0.1) is 11.8 Å². The SMILES string of the molecule is CCc1cc(CC(O)CSc2ccc(C)cc2)n(CC)n1. The summed E-state index contributed by atoms with van der Waals surface area (Å²) in [5, 5.41) is 14.8.